The first-order valence-electron chi connectivity index (χ1n) is 7.62. The molecule has 5 heteroatoms. The highest BCUT2D eigenvalue weighted by molar-refractivity contribution is 6.33. The van der Waals surface area contributed by atoms with Crippen LogP contribution < -0.4 is 10.5 Å². The molecule has 0 bridgehead atoms. The van der Waals surface area contributed by atoms with Crippen molar-refractivity contribution in [3.63, 3.8) is 0 Å². The summed E-state index contributed by atoms with van der Waals surface area (Å²) >= 11 is 6.26. The molecular formula is C20H18Cl2FNO. The number of ether oxygens (including phenoxy) is 1. The van der Waals surface area contributed by atoms with Crippen LogP contribution in [-0.2, 0) is 13.2 Å². The molecule has 0 radical (unpaired) electrons. The molecule has 2 N–H and O–H groups in total. The van der Waals surface area contributed by atoms with Crippen molar-refractivity contribution in [2.75, 3.05) is 0 Å². The van der Waals surface area contributed by atoms with Crippen molar-refractivity contribution in [3.8, 4) is 16.9 Å². The summed E-state index contributed by atoms with van der Waals surface area (Å²) in [5.41, 5.74) is 9.04. The minimum Gasteiger partial charge on any atom is -0.488 e. The second-order valence-corrected chi connectivity index (χ2v) is 5.84. The SMILES string of the molecule is Cl.NCc1ccc(OCc2ccccc2)c(-c2cc(F)ccc2Cl)c1. The minimum atomic E-state index is -0.346. The fourth-order valence-electron chi connectivity index (χ4n) is 2.48. The molecule has 0 aliphatic rings. The first-order chi connectivity index (χ1) is 11.7. The maximum absolute atomic E-state index is 13.7. The number of hydrogen-bond acceptors (Lipinski definition) is 2. The van der Waals surface area contributed by atoms with Crippen LogP contribution in [0.15, 0.2) is 66.7 Å². The van der Waals surface area contributed by atoms with Crippen molar-refractivity contribution < 1.29 is 9.13 Å². The first-order valence-corrected chi connectivity index (χ1v) is 8.00. The maximum atomic E-state index is 13.7. The predicted octanol–water partition coefficient (Wildman–Crippen LogP) is 5.61. The summed E-state index contributed by atoms with van der Waals surface area (Å²) in [5, 5.41) is 0.468. The van der Waals surface area contributed by atoms with Gasteiger partial charge in [0.15, 0.2) is 0 Å². The van der Waals surface area contributed by atoms with Gasteiger partial charge in [-0.2, -0.15) is 0 Å². The zero-order valence-electron chi connectivity index (χ0n) is 13.4. The Morgan fingerprint density at radius 3 is 2.36 bits per heavy atom. The van der Waals surface area contributed by atoms with Crippen LogP contribution in [0, 0.1) is 5.82 Å². The fourth-order valence-corrected chi connectivity index (χ4v) is 2.70. The largest absolute Gasteiger partial charge is 0.488 e. The molecule has 0 unspecified atom stereocenters. The Kier molecular flexibility index (Phi) is 6.82. The van der Waals surface area contributed by atoms with Crippen LogP contribution in [0.5, 0.6) is 5.75 Å². The van der Waals surface area contributed by atoms with E-state index in [2.05, 4.69) is 0 Å². The lowest BCUT2D eigenvalue weighted by molar-refractivity contribution is 0.307. The van der Waals surface area contributed by atoms with Crippen molar-refractivity contribution in [2.45, 2.75) is 13.2 Å². The van der Waals surface area contributed by atoms with Gasteiger partial charge in [0.2, 0.25) is 0 Å². The zero-order valence-corrected chi connectivity index (χ0v) is 15.0. The molecule has 0 saturated heterocycles. The lowest BCUT2D eigenvalue weighted by Crippen LogP contribution is -2.00. The first kappa shape index (κ1) is 19.3. The molecule has 0 saturated carbocycles. The monoisotopic (exact) mass is 377 g/mol. The number of halogens is 3. The highest BCUT2D eigenvalue weighted by atomic mass is 35.5. The second kappa shape index (κ2) is 8.86. The quantitative estimate of drug-likeness (QED) is 0.627. The van der Waals surface area contributed by atoms with Crippen molar-refractivity contribution in [2.24, 2.45) is 5.73 Å². The van der Waals surface area contributed by atoms with E-state index in [1.165, 1.54) is 12.1 Å². The van der Waals surface area contributed by atoms with Crippen LogP contribution in [0.25, 0.3) is 11.1 Å². The standard InChI is InChI=1S/C20H17ClFNO.ClH/c21-19-8-7-16(22)11-17(19)18-10-15(12-23)6-9-20(18)24-13-14-4-2-1-3-5-14;/h1-11H,12-13,23H2;1H. The van der Waals surface area contributed by atoms with E-state index in [-0.39, 0.29) is 18.2 Å². The molecule has 0 aromatic heterocycles. The van der Waals surface area contributed by atoms with E-state index in [9.17, 15) is 4.39 Å². The summed E-state index contributed by atoms with van der Waals surface area (Å²) in [6.45, 7) is 0.807. The van der Waals surface area contributed by atoms with Gasteiger partial charge in [-0.3, -0.25) is 0 Å². The molecule has 3 aromatic rings. The number of nitrogens with two attached hydrogens (primary N) is 1. The summed E-state index contributed by atoms with van der Waals surface area (Å²) in [4.78, 5) is 0. The average molecular weight is 378 g/mol. The lowest BCUT2D eigenvalue weighted by atomic mass is 10.0. The van der Waals surface area contributed by atoms with E-state index in [4.69, 9.17) is 22.1 Å². The Morgan fingerprint density at radius 1 is 0.880 bits per heavy atom. The smallest absolute Gasteiger partial charge is 0.127 e. The van der Waals surface area contributed by atoms with Crippen LogP contribution in [0.2, 0.25) is 5.02 Å². The van der Waals surface area contributed by atoms with E-state index in [0.29, 0.717) is 29.5 Å². The summed E-state index contributed by atoms with van der Waals surface area (Å²) in [6.07, 6.45) is 0. The normalized spacial score (nSPS) is 10.2. The topological polar surface area (TPSA) is 35.2 Å². The molecular weight excluding hydrogens is 360 g/mol. The summed E-state index contributed by atoms with van der Waals surface area (Å²) in [6, 6.07) is 19.8. The Morgan fingerprint density at radius 2 is 1.64 bits per heavy atom. The van der Waals surface area contributed by atoms with Gasteiger partial charge in [-0.15, -0.1) is 12.4 Å². The Hall–Kier alpha value is -2.07. The molecule has 0 fully saturated rings. The van der Waals surface area contributed by atoms with Gasteiger partial charge in [0, 0.05) is 22.7 Å². The molecule has 3 rings (SSSR count). The summed E-state index contributed by atoms with van der Waals surface area (Å²) in [7, 11) is 0. The van der Waals surface area contributed by atoms with Crippen molar-refractivity contribution in [3.05, 3.63) is 88.7 Å². The van der Waals surface area contributed by atoms with Gasteiger partial charge >= 0.3 is 0 Å². The maximum Gasteiger partial charge on any atom is 0.127 e. The fraction of sp³-hybridized carbons (Fsp3) is 0.100. The molecule has 130 valence electrons. The van der Waals surface area contributed by atoms with E-state index in [1.807, 2.05) is 48.5 Å². The molecule has 0 spiro atoms. The van der Waals surface area contributed by atoms with Crippen molar-refractivity contribution in [1.82, 2.24) is 0 Å². The molecule has 3 aromatic carbocycles. The van der Waals surface area contributed by atoms with Gasteiger partial charge in [-0.05, 0) is 41.5 Å². The number of benzene rings is 3. The van der Waals surface area contributed by atoms with E-state index < -0.39 is 0 Å². The zero-order chi connectivity index (χ0) is 16.9. The van der Waals surface area contributed by atoms with Crippen LogP contribution in [0.1, 0.15) is 11.1 Å². The Balaban J connectivity index is 0.00000225. The van der Waals surface area contributed by atoms with Gasteiger partial charge < -0.3 is 10.5 Å². The van der Waals surface area contributed by atoms with Crippen molar-refractivity contribution >= 4 is 24.0 Å². The van der Waals surface area contributed by atoms with E-state index in [1.54, 1.807) is 6.07 Å². The van der Waals surface area contributed by atoms with E-state index in [0.717, 1.165) is 16.7 Å². The van der Waals surface area contributed by atoms with Crippen LogP contribution in [0.4, 0.5) is 4.39 Å². The van der Waals surface area contributed by atoms with Gasteiger partial charge in [-0.1, -0.05) is 48.0 Å². The average Bonchev–Trinajstić information content (AvgIpc) is 2.63. The summed E-state index contributed by atoms with van der Waals surface area (Å²) < 4.78 is 19.6. The third-order valence-electron chi connectivity index (χ3n) is 3.74. The van der Waals surface area contributed by atoms with Crippen LogP contribution >= 0.6 is 24.0 Å². The summed E-state index contributed by atoms with van der Waals surface area (Å²) in [5.74, 6) is 0.296. The van der Waals surface area contributed by atoms with Crippen LogP contribution in [-0.4, -0.2) is 0 Å². The highest BCUT2D eigenvalue weighted by Crippen LogP contribution is 2.36. The van der Waals surface area contributed by atoms with Gasteiger partial charge in [0.25, 0.3) is 0 Å². The molecule has 25 heavy (non-hydrogen) atoms. The third-order valence-corrected chi connectivity index (χ3v) is 4.07. The van der Waals surface area contributed by atoms with Crippen LogP contribution in [0.3, 0.4) is 0 Å². The molecule has 0 amide bonds. The van der Waals surface area contributed by atoms with Gasteiger partial charge in [0.1, 0.15) is 18.2 Å². The van der Waals surface area contributed by atoms with Crippen molar-refractivity contribution in [1.29, 1.82) is 0 Å². The molecule has 0 aliphatic carbocycles. The highest BCUT2D eigenvalue weighted by Gasteiger charge is 2.12. The number of rotatable bonds is 5. The van der Waals surface area contributed by atoms with Gasteiger partial charge in [-0.25, -0.2) is 4.39 Å². The molecule has 0 aliphatic heterocycles. The Bertz CT molecular complexity index is 840. The molecule has 2 nitrogen and oxygen atoms in total. The van der Waals surface area contributed by atoms with E-state index >= 15 is 0 Å². The number of hydrogen-bond donors (Lipinski definition) is 1. The lowest BCUT2D eigenvalue weighted by Gasteiger charge is -2.14. The third kappa shape index (κ3) is 4.73. The second-order valence-electron chi connectivity index (χ2n) is 5.43. The Labute approximate surface area is 157 Å². The molecule has 0 atom stereocenters. The predicted molar refractivity (Wildman–Crippen MR) is 103 cm³/mol. The molecule has 0 heterocycles. The minimum absolute atomic E-state index is 0. The van der Waals surface area contributed by atoms with Gasteiger partial charge in [0.05, 0.1) is 0 Å².